The molecule has 0 atom stereocenters. The van der Waals surface area contributed by atoms with E-state index in [1.54, 1.807) is 12.2 Å². The number of alkyl halides is 3. The number of hydrazone groups is 1. The van der Waals surface area contributed by atoms with Crippen LogP contribution in [0.3, 0.4) is 0 Å². The highest BCUT2D eigenvalue weighted by molar-refractivity contribution is 6.43. The summed E-state index contributed by atoms with van der Waals surface area (Å²) in [5, 5.41) is 6.23. The Morgan fingerprint density at radius 1 is 1.03 bits per heavy atom. The molecule has 0 saturated carbocycles. The number of anilines is 1. The van der Waals surface area contributed by atoms with E-state index in [1.165, 1.54) is 36.4 Å². The van der Waals surface area contributed by atoms with Crippen molar-refractivity contribution in [3.05, 3.63) is 57.0 Å². The van der Waals surface area contributed by atoms with Gasteiger partial charge in [-0.15, -0.1) is 0 Å². The highest BCUT2D eigenvalue weighted by Crippen LogP contribution is 2.33. The molecule has 0 bridgehead atoms. The van der Waals surface area contributed by atoms with Gasteiger partial charge < -0.3 is 10.1 Å². The van der Waals surface area contributed by atoms with Crippen molar-refractivity contribution in [3.63, 3.8) is 0 Å². The van der Waals surface area contributed by atoms with Crippen LogP contribution in [-0.4, -0.2) is 30.3 Å². The first-order chi connectivity index (χ1) is 14.0. The lowest BCUT2D eigenvalue weighted by molar-refractivity contribution is -0.167. The number of carbonyl (C=O) groups excluding carboxylic acids is 2. The molecular formula is C18H13Cl3F3N3O3. The van der Waals surface area contributed by atoms with E-state index in [0.29, 0.717) is 11.3 Å². The Kier molecular flexibility index (Phi) is 7.94. The predicted octanol–water partition coefficient (Wildman–Crippen LogP) is 5.07. The average molecular weight is 483 g/mol. The van der Waals surface area contributed by atoms with E-state index in [9.17, 15) is 22.8 Å². The lowest BCUT2D eigenvalue weighted by Crippen LogP contribution is -2.29. The summed E-state index contributed by atoms with van der Waals surface area (Å²) in [6.07, 6.45) is -4.98. The van der Waals surface area contributed by atoms with Gasteiger partial charge >= 0.3 is 12.1 Å². The molecule has 0 unspecified atom stereocenters. The highest BCUT2D eigenvalue weighted by Gasteiger charge is 2.38. The van der Waals surface area contributed by atoms with Crippen LogP contribution >= 0.6 is 34.8 Å². The minimum atomic E-state index is -4.98. The van der Waals surface area contributed by atoms with Crippen molar-refractivity contribution in [2.75, 3.05) is 11.9 Å². The minimum Gasteiger partial charge on any atom is -0.482 e. The number of benzene rings is 2. The van der Waals surface area contributed by atoms with Crippen molar-refractivity contribution in [2.24, 2.45) is 5.10 Å². The van der Waals surface area contributed by atoms with Gasteiger partial charge in [0.2, 0.25) is 0 Å². The first kappa shape index (κ1) is 23.8. The molecule has 2 aromatic carbocycles. The van der Waals surface area contributed by atoms with Crippen molar-refractivity contribution in [2.45, 2.75) is 13.1 Å². The SMILES string of the molecule is C/C(=N/NC(=O)COc1cc(Cl)c(Cl)cc1Cl)c1ccc(NC(=O)C(F)(F)F)cc1. The zero-order valence-corrected chi connectivity index (χ0v) is 17.4. The van der Waals surface area contributed by atoms with Gasteiger partial charge in [0.25, 0.3) is 5.91 Å². The number of amides is 2. The summed E-state index contributed by atoms with van der Waals surface area (Å²) in [6.45, 7) is 1.16. The molecule has 0 fully saturated rings. The van der Waals surface area contributed by atoms with Gasteiger partial charge in [-0.3, -0.25) is 9.59 Å². The maximum Gasteiger partial charge on any atom is 0.471 e. The smallest absolute Gasteiger partial charge is 0.471 e. The topological polar surface area (TPSA) is 79.8 Å². The summed E-state index contributed by atoms with van der Waals surface area (Å²) in [6, 6.07) is 8.16. The maximum atomic E-state index is 12.2. The van der Waals surface area contributed by atoms with E-state index in [-0.39, 0.29) is 26.5 Å². The molecule has 0 heterocycles. The van der Waals surface area contributed by atoms with E-state index in [2.05, 4.69) is 10.5 Å². The maximum absolute atomic E-state index is 12.2. The van der Waals surface area contributed by atoms with E-state index < -0.39 is 24.6 Å². The van der Waals surface area contributed by atoms with E-state index >= 15 is 0 Å². The second kappa shape index (κ2) is 10.0. The number of rotatable bonds is 6. The summed E-state index contributed by atoms with van der Waals surface area (Å²) in [4.78, 5) is 22.8. The third kappa shape index (κ3) is 6.79. The summed E-state index contributed by atoms with van der Waals surface area (Å²) in [7, 11) is 0. The Balaban J connectivity index is 1.92. The molecule has 2 rings (SSSR count). The normalized spacial score (nSPS) is 11.8. The van der Waals surface area contributed by atoms with Gasteiger partial charge in [-0.05, 0) is 30.7 Å². The molecule has 2 N–H and O–H groups in total. The molecule has 0 saturated heterocycles. The number of nitrogens with one attached hydrogen (secondary N) is 2. The molecule has 6 nitrogen and oxygen atoms in total. The first-order valence-corrected chi connectivity index (χ1v) is 9.20. The van der Waals surface area contributed by atoms with Gasteiger partial charge in [-0.25, -0.2) is 5.43 Å². The largest absolute Gasteiger partial charge is 0.482 e. The minimum absolute atomic E-state index is 0.0372. The highest BCUT2D eigenvalue weighted by atomic mass is 35.5. The van der Waals surface area contributed by atoms with Gasteiger partial charge in [-0.2, -0.15) is 18.3 Å². The Morgan fingerprint density at radius 3 is 2.23 bits per heavy atom. The fourth-order valence-electron chi connectivity index (χ4n) is 2.00. The van der Waals surface area contributed by atoms with Crippen molar-refractivity contribution in [1.82, 2.24) is 5.43 Å². The van der Waals surface area contributed by atoms with Gasteiger partial charge in [0.15, 0.2) is 6.61 Å². The molecule has 2 amide bonds. The third-order valence-corrected chi connectivity index (χ3v) is 4.52. The van der Waals surface area contributed by atoms with Crippen molar-refractivity contribution >= 4 is 58.0 Å². The second-order valence-electron chi connectivity index (χ2n) is 5.75. The number of ether oxygens (including phenoxy) is 1. The Morgan fingerprint density at radius 2 is 1.63 bits per heavy atom. The summed E-state index contributed by atoms with van der Waals surface area (Å²) >= 11 is 17.6. The van der Waals surface area contributed by atoms with Crippen molar-refractivity contribution in [3.8, 4) is 5.75 Å². The van der Waals surface area contributed by atoms with Gasteiger partial charge in [0.1, 0.15) is 5.75 Å². The molecule has 12 heteroatoms. The number of carbonyl (C=O) groups is 2. The molecule has 160 valence electrons. The molecule has 2 aromatic rings. The molecule has 0 aliphatic rings. The van der Waals surface area contributed by atoms with Crippen LogP contribution in [0.1, 0.15) is 12.5 Å². The van der Waals surface area contributed by atoms with Gasteiger partial charge in [-0.1, -0.05) is 46.9 Å². The number of nitrogens with zero attached hydrogens (tertiary/aromatic N) is 1. The second-order valence-corrected chi connectivity index (χ2v) is 6.97. The first-order valence-electron chi connectivity index (χ1n) is 8.06. The van der Waals surface area contributed by atoms with E-state index in [0.717, 1.165) is 0 Å². The molecule has 30 heavy (non-hydrogen) atoms. The number of hydrogen-bond donors (Lipinski definition) is 2. The third-order valence-electron chi connectivity index (χ3n) is 3.50. The lowest BCUT2D eigenvalue weighted by atomic mass is 10.1. The quantitative estimate of drug-likeness (QED) is 0.343. The van der Waals surface area contributed by atoms with Crippen LogP contribution < -0.4 is 15.5 Å². The van der Waals surface area contributed by atoms with Crippen LogP contribution in [-0.2, 0) is 9.59 Å². The van der Waals surface area contributed by atoms with Crippen LogP contribution in [0.4, 0.5) is 18.9 Å². The Labute approximate surface area is 183 Å². The fourth-order valence-corrected chi connectivity index (χ4v) is 2.59. The summed E-state index contributed by atoms with van der Waals surface area (Å²) < 4.78 is 42.0. The molecular weight excluding hydrogens is 470 g/mol. The lowest BCUT2D eigenvalue weighted by Gasteiger charge is -2.09. The molecule has 0 aliphatic heterocycles. The van der Waals surface area contributed by atoms with Crippen LogP contribution in [0.5, 0.6) is 5.75 Å². The Hall–Kier alpha value is -2.49. The van der Waals surface area contributed by atoms with E-state index in [4.69, 9.17) is 39.5 Å². The van der Waals surface area contributed by atoms with E-state index in [1.807, 2.05) is 0 Å². The van der Waals surface area contributed by atoms with Crippen LogP contribution in [0.25, 0.3) is 0 Å². The fraction of sp³-hybridized carbons (Fsp3) is 0.167. The van der Waals surface area contributed by atoms with Crippen LogP contribution in [0, 0.1) is 0 Å². The zero-order chi connectivity index (χ0) is 22.5. The monoisotopic (exact) mass is 481 g/mol. The number of hydrogen-bond acceptors (Lipinski definition) is 4. The zero-order valence-electron chi connectivity index (χ0n) is 15.1. The van der Waals surface area contributed by atoms with Crippen molar-refractivity contribution < 1.29 is 27.5 Å². The van der Waals surface area contributed by atoms with Gasteiger partial charge in [0, 0.05) is 11.8 Å². The van der Waals surface area contributed by atoms with Gasteiger partial charge in [0.05, 0.1) is 20.8 Å². The Bertz CT molecular complexity index is 980. The van der Waals surface area contributed by atoms with Crippen molar-refractivity contribution in [1.29, 1.82) is 0 Å². The predicted molar refractivity (Wildman–Crippen MR) is 108 cm³/mol. The van der Waals surface area contributed by atoms with Crippen LogP contribution in [0.2, 0.25) is 15.1 Å². The average Bonchev–Trinajstić information content (AvgIpc) is 2.67. The van der Waals surface area contributed by atoms with Crippen LogP contribution in [0.15, 0.2) is 41.5 Å². The summed E-state index contributed by atoms with van der Waals surface area (Å²) in [5.41, 5.74) is 3.10. The number of halogens is 6. The molecule has 0 aliphatic carbocycles. The molecule has 0 aromatic heterocycles. The summed E-state index contributed by atoms with van der Waals surface area (Å²) in [5.74, 6) is -2.50. The molecule has 0 radical (unpaired) electrons. The molecule has 0 spiro atoms. The standard InChI is InChI=1S/C18H13Cl3F3N3O3/c1-9(10-2-4-11(5-3-10)25-17(29)18(22,23)24)26-27-16(28)8-30-15-7-13(20)12(19)6-14(15)21/h2-7H,8H2,1H3,(H,25,29)(H,27,28)/b26-9-.